The summed E-state index contributed by atoms with van der Waals surface area (Å²) in [5.74, 6) is 1.12. The van der Waals surface area contributed by atoms with Crippen LogP contribution in [0.5, 0.6) is 0 Å². The van der Waals surface area contributed by atoms with E-state index in [0.29, 0.717) is 17.5 Å². The number of nitrogens with zero attached hydrogens (tertiary/aromatic N) is 2. The summed E-state index contributed by atoms with van der Waals surface area (Å²) in [4.78, 5) is 4.31. The topological polar surface area (TPSA) is 29.9 Å². The summed E-state index contributed by atoms with van der Waals surface area (Å²) in [5.41, 5.74) is 0.385. The van der Waals surface area contributed by atoms with Crippen LogP contribution in [0.4, 0.5) is 0 Å². The molecule has 2 atom stereocenters. The van der Waals surface area contributed by atoms with E-state index in [4.69, 9.17) is 0 Å². The average Bonchev–Trinajstić information content (AvgIpc) is 2.69. The molecule has 1 heterocycles. The van der Waals surface area contributed by atoms with Crippen LogP contribution in [0.15, 0.2) is 12.4 Å². The van der Waals surface area contributed by atoms with Gasteiger partial charge in [-0.2, -0.15) is 0 Å². The molecule has 0 amide bonds. The molecule has 1 aromatic heterocycles. The van der Waals surface area contributed by atoms with E-state index in [1.54, 1.807) is 0 Å². The highest BCUT2D eigenvalue weighted by Gasteiger charge is 2.41. The number of imidazole rings is 1. The third kappa shape index (κ3) is 1.69. The molecular formula is C12H21N3. The summed E-state index contributed by atoms with van der Waals surface area (Å²) in [6.07, 6.45) is 6.52. The van der Waals surface area contributed by atoms with Gasteiger partial charge in [0.25, 0.3) is 0 Å². The highest BCUT2D eigenvalue weighted by Crippen LogP contribution is 2.43. The van der Waals surface area contributed by atoms with Crippen LogP contribution in [-0.4, -0.2) is 22.6 Å². The molecule has 0 aromatic carbocycles. The van der Waals surface area contributed by atoms with Gasteiger partial charge in [-0.3, -0.25) is 0 Å². The second kappa shape index (κ2) is 3.63. The van der Waals surface area contributed by atoms with E-state index in [1.165, 1.54) is 12.8 Å². The quantitative estimate of drug-likeness (QED) is 0.805. The maximum absolute atomic E-state index is 4.31. The standard InChI is InChI=1S/C12H21N3/c1-9-14-7-8-15(9)10-5-6-12(2,3)11(10)13-4/h7-8,10-11,13H,5-6H2,1-4H3. The number of nitrogens with one attached hydrogen (secondary N) is 1. The SMILES string of the molecule is CNC1C(n2ccnc2C)CCC1(C)C. The van der Waals surface area contributed by atoms with Crippen molar-refractivity contribution in [2.75, 3.05) is 7.05 Å². The van der Waals surface area contributed by atoms with Crippen molar-refractivity contribution in [1.82, 2.24) is 14.9 Å². The zero-order valence-corrected chi connectivity index (χ0v) is 10.1. The average molecular weight is 207 g/mol. The molecule has 0 aliphatic heterocycles. The van der Waals surface area contributed by atoms with Crippen LogP contribution < -0.4 is 5.32 Å². The van der Waals surface area contributed by atoms with Gasteiger partial charge in [-0.25, -0.2) is 4.98 Å². The molecule has 2 rings (SSSR count). The van der Waals surface area contributed by atoms with E-state index in [9.17, 15) is 0 Å². The fraction of sp³-hybridized carbons (Fsp3) is 0.750. The summed E-state index contributed by atoms with van der Waals surface area (Å²) in [7, 11) is 2.07. The molecule has 0 radical (unpaired) electrons. The molecule has 1 aromatic rings. The smallest absolute Gasteiger partial charge is 0.105 e. The van der Waals surface area contributed by atoms with Crippen molar-refractivity contribution in [3.05, 3.63) is 18.2 Å². The Balaban J connectivity index is 2.28. The molecule has 1 aliphatic rings. The molecule has 84 valence electrons. The van der Waals surface area contributed by atoms with Gasteiger partial charge in [0.15, 0.2) is 0 Å². The van der Waals surface area contributed by atoms with Crippen molar-refractivity contribution >= 4 is 0 Å². The van der Waals surface area contributed by atoms with Gasteiger partial charge in [0.05, 0.1) is 6.04 Å². The van der Waals surface area contributed by atoms with Crippen LogP contribution in [0.25, 0.3) is 0 Å². The fourth-order valence-corrected chi connectivity index (χ4v) is 2.98. The van der Waals surface area contributed by atoms with Crippen LogP contribution >= 0.6 is 0 Å². The summed E-state index contributed by atoms with van der Waals surface area (Å²) < 4.78 is 2.32. The van der Waals surface area contributed by atoms with Gasteiger partial charge < -0.3 is 9.88 Å². The predicted molar refractivity (Wildman–Crippen MR) is 61.9 cm³/mol. The summed E-state index contributed by atoms with van der Waals surface area (Å²) in [6, 6.07) is 1.11. The van der Waals surface area contributed by atoms with Crippen LogP contribution in [0, 0.1) is 12.3 Å². The lowest BCUT2D eigenvalue weighted by Crippen LogP contribution is -2.40. The molecular weight excluding hydrogens is 186 g/mol. The van der Waals surface area contributed by atoms with Crippen LogP contribution in [-0.2, 0) is 0 Å². The molecule has 0 saturated heterocycles. The Kier molecular flexibility index (Phi) is 2.59. The van der Waals surface area contributed by atoms with E-state index >= 15 is 0 Å². The summed E-state index contributed by atoms with van der Waals surface area (Å²) >= 11 is 0. The van der Waals surface area contributed by atoms with Crippen LogP contribution in [0.3, 0.4) is 0 Å². The molecule has 1 aliphatic carbocycles. The van der Waals surface area contributed by atoms with E-state index in [0.717, 1.165) is 5.82 Å². The van der Waals surface area contributed by atoms with Gasteiger partial charge >= 0.3 is 0 Å². The first kappa shape index (κ1) is 10.7. The van der Waals surface area contributed by atoms with Crippen molar-refractivity contribution in [3.8, 4) is 0 Å². The highest BCUT2D eigenvalue weighted by molar-refractivity contribution is 5.03. The van der Waals surface area contributed by atoms with Gasteiger partial charge in [0, 0.05) is 18.4 Å². The Morgan fingerprint density at radius 2 is 2.27 bits per heavy atom. The Hall–Kier alpha value is -0.830. The van der Waals surface area contributed by atoms with Gasteiger partial charge in [0.1, 0.15) is 5.82 Å². The second-order valence-corrected chi connectivity index (χ2v) is 5.24. The monoisotopic (exact) mass is 207 g/mol. The Morgan fingerprint density at radius 1 is 1.53 bits per heavy atom. The van der Waals surface area contributed by atoms with E-state index in [2.05, 4.69) is 48.9 Å². The minimum Gasteiger partial charge on any atom is -0.331 e. The first-order valence-electron chi connectivity index (χ1n) is 5.73. The van der Waals surface area contributed by atoms with Gasteiger partial charge in [0.2, 0.25) is 0 Å². The number of rotatable bonds is 2. The largest absolute Gasteiger partial charge is 0.331 e. The lowest BCUT2D eigenvalue weighted by atomic mass is 9.86. The third-order valence-electron chi connectivity index (χ3n) is 3.84. The minimum absolute atomic E-state index is 0.385. The molecule has 0 bridgehead atoms. The number of likely N-dealkylation sites (N-methyl/N-ethyl adjacent to an activating group) is 1. The first-order chi connectivity index (χ1) is 7.06. The number of hydrogen-bond donors (Lipinski definition) is 1. The van der Waals surface area contributed by atoms with Gasteiger partial charge in [-0.1, -0.05) is 13.8 Å². The van der Waals surface area contributed by atoms with Crippen molar-refractivity contribution in [1.29, 1.82) is 0 Å². The molecule has 1 saturated carbocycles. The number of aryl methyl sites for hydroxylation is 1. The van der Waals surface area contributed by atoms with E-state index in [-0.39, 0.29) is 0 Å². The Morgan fingerprint density at radius 3 is 2.80 bits per heavy atom. The number of aromatic nitrogens is 2. The van der Waals surface area contributed by atoms with Crippen molar-refractivity contribution in [2.24, 2.45) is 5.41 Å². The molecule has 3 nitrogen and oxygen atoms in total. The Labute approximate surface area is 91.9 Å². The van der Waals surface area contributed by atoms with Gasteiger partial charge in [-0.05, 0) is 32.2 Å². The van der Waals surface area contributed by atoms with Crippen molar-refractivity contribution in [2.45, 2.75) is 45.7 Å². The highest BCUT2D eigenvalue weighted by atomic mass is 15.1. The number of hydrogen-bond acceptors (Lipinski definition) is 2. The van der Waals surface area contributed by atoms with Crippen LogP contribution in [0.2, 0.25) is 0 Å². The summed E-state index contributed by atoms with van der Waals surface area (Å²) in [5, 5.41) is 3.47. The van der Waals surface area contributed by atoms with E-state index in [1.807, 2.05) is 6.20 Å². The van der Waals surface area contributed by atoms with Gasteiger partial charge in [-0.15, -0.1) is 0 Å². The second-order valence-electron chi connectivity index (χ2n) is 5.24. The molecule has 1 N–H and O–H groups in total. The molecule has 0 spiro atoms. The predicted octanol–water partition coefficient (Wildman–Crippen LogP) is 2.14. The van der Waals surface area contributed by atoms with Crippen molar-refractivity contribution < 1.29 is 0 Å². The summed E-state index contributed by atoms with van der Waals surface area (Å²) in [6.45, 7) is 6.78. The van der Waals surface area contributed by atoms with Crippen molar-refractivity contribution in [3.63, 3.8) is 0 Å². The zero-order chi connectivity index (χ0) is 11.1. The molecule has 1 fully saturated rings. The molecule has 3 heteroatoms. The zero-order valence-electron chi connectivity index (χ0n) is 10.1. The van der Waals surface area contributed by atoms with Crippen LogP contribution in [0.1, 0.15) is 38.6 Å². The Bertz CT molecular complexity index is 340. The third-order valence-corrected chi connectivity index (χ3v) is 3.84. The fourth-order valence-electron chi connectivity index (χ4n) is 2.98. The van der Waals surface area contributed by atoms with E-state index < -0.39 is 0 Å². The maximum atomic E-state index is 4.31. The maximum Gasteiger partial charge on any atom is 0.105 e. The minimum atomic E-state index is 0.385. The first-order valence-corrected chi connectivity index (χ1v) is 5.73. The normalized spacial score (nSPS) is 29.6. The molecule has 15 heavy (non-hydrogen) atoms. The lowest BCUT2D eigenvalue weighted by molar-refractivity contribution is 0.260. The lowest BCUT2D eigenvalue weighted by Gasteiger charge is -2.31. The molecule has 2 unspecified atom stereocenters.